The van der Waals surface area contributed by atoms with E-state index < -0.39 is 0 Å². The fourth-order valence-electron chi connectivity index (χ4n) is 2.04. The zero-order valence-electron chi connectivity index (χ0n) is 12.9. The minimum atomic E-state index is -0.0814. The maximum atomic E-state index is 12.1. The first-order valence-electron chi connectivity index (χ1n) is 7.33. The van der Waals surface area contributed by atoms with E-state index >= 15 is 0 Å². The Hall–Kier alpha value is -1.31. The van der Waals surface area contributed by atoms with Crippen LogP contribution >= 0.6 is 0 Å². The highest BCUT2D eigenvalue weighted by Gasteiger charge is 2.16. The van der Waals surface area contributed by atoms with Crippen LogP contribution in [-0.4, -0.2) is 11.9 Å². The third kappa shape index (κ3) is 5.06. The summed E-state index contributed by atoms with van der Waals surface area (Å²) in [6, 6.07) is 8.69. The second-order valence-corrected chi connectivity index (χ2v) is 5.88. The number of benzene rings is 1. The predicted molar refractivity (Wildman–Crippen MR) is 81.3 cm³/mol. The van der Waals surface area contributed by atoms with Crippen LogP contribution in [0.1, 0.15) is 58.1 Å². The van der Waals surface area contributed by atoms with Gasteiger partial charge in [0.25, 0.3) is 0 Å². The highest BCUT2D eigenvalue weighted by Crippen LogP contribution is 2.18. The molecule has 2 atom stereocenters. The zero-order chi connectivity index (χ0) is 14.4. The van der Waals surface area contributed by atoms with Crippen LogP contribution in [0, 0.1) is 5.92 Å². The molecule has 106 valence electrons. The van der Waals surface area contributed by atoms with Gasteiger partial charge in [0.15, 0.2) is 0 Å². The van der Waals surface area contributed by atoms with Crippen LogP contribution < -0.4 is 5.32 Å². The molecule has 1 amide bonds. The predicted octanol–water partition coefficient (Wildman–Crippen LogP) is 3.90. The molecule has 1 aromatic carbocycles. The molecule has 0 unspecified atom stereocenters. The van der Waals surface area contributed by atoms with E-state index in [1.54, 1.807) is 0 Å². The lowest BCUT2D eigenvalue weighted by Gasteiger charge is -2.17. The summed E-state index contributed by atoms with van der Waals surface area (Å²) in [5.41, 5.74) is 2.43. The summed E-state index contributed by atoms with van der Waals surface area (Å²) >= 11 is 0. The van der Waals surface area contributed by atoms with E-state index in [-0.39, 0.29) is 17.9 Å². The highest BCUT2D eigenvalue weighted by molar-refractivity contribution is 5.83. The molecule has 0 saturated heterocycles. The van der Waals surface area contributed by atoms with Crippen LogP contribution in [0.2, 0.25) is 0 Å². The first kappa shape index (κ1) is 15.7. The average Bonchev–Trinajstić information content (AvgIpc) is 2.37. The number of hydrogen-bond donors (Lipinski definition) is 1. The number of rotatable bonds is 6. The first-order chi connectivity index (χ1) is 8.93. The van der Waals surface area contributed by atoms with Crippen molar-refractivity contribution in [1.29, 1.82) is 0 Å². The van der Waals surface area contributed by atoms with Crippen molar-refractivity contribution in [3.05, 3.63) is 35.4 Å². The van der Waals surface area contributed by atoms with E-state index in [0.29, 0.717) is 5.92 Å². The minimum Gasteiger partial charge on any atom is -0.353 e. The van der Waals surface area contributed by atoms with E-state index in [2.05, 4.69) is 50.4 Å². The first-order valence-corrected chi connectivity index (χ1v) is 7.33. The summed E-state index contributed by atoms with van der Waals surface area (Å²) in [5.74, 6) is 0.699. The molecule has 0 aromatic heterocycles. The van der Waals surface area contributed by atoms with Crippen molar-refractivity contribution in [2.24, 2.45) is 5.92 Å². The Kier molecular flexibility index (Phi) is 6.07. The molecule has 0 aliphatic rings. The molecule has 0 fully saturated rings. The fraction of sp³-hybridized carbons (Fsp3) is 0.588. The molecule has 0 radical (unpaired) electrons. The topological polar surface area (TPSA) is 29.1 Å². The third-order valence-electron chi connectivity index (χ3n) is 3.52. The smallest absolute Gasteiger partial charge is 0.227 e. The second-order valence-electron chi connectivity index (χ2n) is 5.88. The second kappa shape index (κ2) is 7.32. The quantitative estimate of drug-likeness (QED) is 0.826. The van der Waals surface area contributed by atoms with Gasteiger partial charge in [-0.1, -0.05) is 45.0 Å². The van der Waals surface area contributed by atoms with Crippen molar-refractivity contribution in [3.8, 4) is 0 Å². The molecule has 0 heterocycles. The van der Waals surface area contributed by atoms with Gasteiger partial charge in [-0.3, -0.25) is 4.79 Å². The normalized spacial score (nSPS) is 14.2. The molecule has 2 nitrogen and oxygen atoms in total. The van der Waals surface area contributed by atoms with Crippen molar-refractivity contribution in [2.75, 3.05) is 0 Å². The molecule has 0 aliphatic heterocycles. The van der Waals surface area contributed by atoms with Crippen molar-refractivity contribution >= 4 is 5.91 Å². The van der Waals surface area contributed by atoms with Crippen LogP contribution in [0.25, 0.3) is 0 Å². The lowest BCUT2D eigenvalue weighted by atomic mass is 9.96. The van der Waals surface area contributed by atoms with E-state index in [1.165, 1.54) is 5.56 Å². The third-order valence-corrected chi connectivity index (χ3v) is 3.52. The van der Waals surface area contributed by atoms with E-state index in [0.717, 1.165) is 18.4 Å². The number of hydrogen-bond acceptors (Lipinski definition) is 1. The summed E-state index contributed by atoms with van der Waals surface area (Å²) in [6.45, 7) is 10.5. The van der Waals surface area contributed by atoms with Gasteiger partial charge in [-0.05, 0) is 43.7 Å². The van der Waals surface area contributed by atoms with E-state index in [9.17, 15) is 4.79 Å². The maximum Gasteiger partial charge on any atom is 0.227 e. The van der Waals surface area contributed by atoms with Gasteiger partial charge in [0.2, 0.25) is 5.91 Å². The monoisotopic (exact) mass is 261 g/mol. The molecule has 1 rings (SSSR count). The van der Waals surface area contributed by atoms with Crippen molar-refractivity contribution in [1.82, 2.24) is 5.32 Å². The lowest BCUT2D eigenvalue weighted by molar-refractivity contribution is -0.122. The molecule has 0 spiro atoms. The molecule has 19 heavy (non-hydrogen) atoms. The minimum absolute atomic E-state index is 0.0814. The molecule has 2 heteroatoms. The zero-order valence-corrected chi connectivity index (χ0v) is 12.9. The van der Waals surface area contributed by atoms with Gasteiger partial charge in [-0.2, -0.15) is 0 Å². The van der Waals surface area contributed by atoms with Crippen molar-refractivity contribution in [3.63, 3.8) is 0 Å². The van der Waals surface area contributed by atoms with Crippen LogP contribution in [0.15, 0.2) is 24.3 Å². The van der Waals surface area contributed by atoms with Gasteiger partial charge >= 0.3 is 0 Å². The molecule has 1 aromatic rings. The summed E-state index contributed by atoms with van der Waals surface area (Å²) in [6.07, 6.45) is 2.06. The van der Waals surface area contributed by atoms with Gasteiger partial charge in [0.05, 0.1) is 5.92 Å². The van der Waals surface area contributed by atoms with Crippen LogP contribution in [0.3, 0.4) is 0 Å². The number of carbonyl (C=O) groups is 1. The molecule has 0 aliphatic carbocycles. The van der Waals surface area contributed by atoms with Gasteiger partial charge in [-0.25, -0.2) is 0 Å². The van der Waals surface area contributed by atoms with Gasteiger partial charge in [0.1, 0.15) is 0 Å². The van der Waals surface area contributed by atoms with Crippen molar-refractivity contribution in [2.45, 2.75) is 59.4 Å². The lowest BCUT2D eigenvalue weighted by Crippen LogP contribution is -2.35. The van der Waals surface area contributed by atoms with Crippen LogP contribution in [0.4, 0.5) is 0 Å². The SMILES string of the molecule is CC[C@@H](C)NC(=O)[C@H](C)c1ccc(CC(C)C)cc1. The Morgan fingerprint density at radius 3 is 2.16 bits per heavy atom. The average molecular weight is 261 g/mol. The van der Waals surface area contributed by atoms with Gasteiger partial charge < -0.3 is 5.32 Å². The Labute approximate surface area is 117 Å². The summed E-state index contributed by atoms with van der Waals surface area (Å²) in [7, 11) is 0. The number of carbonyl (C=O) groups excluding carboxylic acids is 1. The van der Waals surface area contributed by atoms with E-state index in [4.69, 9.17) is 0 Å². The maximum absolute atomic E-state index is 12.1. The molecule has 1 N–H and O–H groups in total. The standard InChI is InChI=1S/C17H27NO/c1-6-13(4)18-17(19)14(5)16-9-7-15(8-10-16)11-12(2)3/h7-10,12-14H,6,11H2,1-5H3,(H,18,19)/t13-,14-/m1/s1. The Balaban J connectivity index is 2.66. The molecular weight excluding hydrogens is 234 g/mol. The largest absolute Gasteiger partial charge is 0.353 e. The fourth-order valence-corrected chi connectivity index (χ4v) is 2.04. The molecule has 0 saturated carbocycles. The summed E-state index contributed by atoms with van der Waals surface area (Å²) < 4.78 is 0. The summed E-state index contributed by atoms with van der Waals surface area (Å²) in [5, 5.41) is 3.04. The Bertz CT molecular complexity index is 394. The van der Waals surface area contributed by atoms with Crippen molar-refractivity contribution < 1.29 is 4.79 Å². The summed E-state index contributed by atoms with van der Waals surface area (Å²) in [4.78, 5) is 12.1. The van der Waals surface area contributed by atoms with Gasteiger partial charge in [-0.15, -0.1) is 0 Å². The van der Waals surface area contributed by atoms with Crippen LogP contribution in [-0.2, 0) is 11.2 Å². The Morgan fingerprint density at radius 2 is 1.68 bits per heavy atom. The number of nitrogens with one attached hydrogen (secondary N) is 1. The number of amides is 1. The Morgan fingerprint density at radius 1 is 1.11 bits per heavy atom. The van der Waals surface area contributed by atoms with Gasteiger partial charge in [0, 0.05) is 6.04 Å². The highest BCUT2D eigenvalue weighted by atomic mass is 16.1. The molecule has 0 bridgehead atoms. The molecular formula is C17H27NO. The van der Waals surface area contributed by atoms with E-state index in [1.807, 2.05) is 13.8 Å². The van der Waals surface area contributed by atoms with Crippen LogP contribution in [0.5, 0.6) is 0 Å².